The fourth-order valence-electron chi connectivity index (χ4n) is 2.53. The van der Waals surface area contributed by atoms with Crippen LogP contribution < -0.4 is 5.73 Å². The summed E-state index contributed by atoms with van der Waals surface area (Å²) >= 11 is 0. The van der Waals surface area contributed by atoms with Gasteiger partial charge in [-0.05, 0) is 30.0 Å². The highest BCUT2D eigenvalue weighted by atomic mass is 15.0. The minimum Gasteiger partial charge on any atom is -0.383 e. The van der Waals surface area contributed by atoms with Crippen LogP contribution in [0.3, 0.4) is 0 Å². The standard InChI is InChI=1S/C15H12N6/c1-8-10(6-18-15-13(8)19-7-20-15)12-4-9-2-3-17-5-11(9)14(16)21-12/h2-7H,1H3,(H2,16,21)(H,18,19,20). The summed E-state index contributed by atoms with van der Waals surface area (Å²) in [6.07, 6.45) is 6.90. The Morgan fingerprint density at radius 2 is 2.10 bits per heavy atom. The first-order chi connectivity index (χ1) is 10.2. The third kappa shape index (κ3) is 1.73. The van der Waals surface area contributed by atoms with Crippen molar-refractivity contribution in [3.8, 4) is 11.3 Å². The van der Waals surface area contributed by atoms with Crippen LogP contribution in [0.4, 0.5) is 5.82 Å². The third-order valence-electron chi connectivity index (χ3n) is 3.65. The number of nitrogens with one attached hydrogen (secondary N) is 1. The Balaban J connectivity index is 2.01. The molecule has 4 heterocycles. The summed E-state index contributed by atoms with van der Waals surface area (Å²) in [5.41, 5.74) is 10.5. The van der Waals surface area contributed by atoms with E-state index in [0.29, 0.717) is 11.5 Å². The van der Waals surface area contributed by atoms with E-state index in [-0.39, 0.29) is 0 Å². The van der Waals surface area contributed by atoms with Crippen LogP contribution in [-0.2, 0) is 0 Å². The second-order valence-corrected chi connectivity index (χ2v) is 4.89. The number of aromatic amines is 1. The number of imidazole rings is 1. The van der Waals surface area contributed by atoms with Crippen molar-refractivity contribution in [1.29, 1.82) is 0 Å². The summed E-state index contributed by atoms with van der Waals surface area (Å²) < 4.78 is 0. The van der Waals surface area contributed by atoms with Crippen molar-refractivity contribution >= 4 is 27.8 Å². The van der Waals surface area contributed by atoms with Gasteiger partial charge in [-0.25, -0.2) is 15.0 Å². The van der Waals surface area contributed by atoms with Crippen LogP contribution in [0, 0.1) is 6.92 Å². The maximum Gasteiger partial charge on any atom is 0.177 e. The molecule has 0 saturated heterocycles. The number of hydrogen-bond acceptors (Lipinski definition) is 5. The van der Waals surface area contributed by atoms with Crippen molar-refractivity contribution in [3.63, 3.8) is 0 Å². The number of anilines is 1. The third-order valence-corrected chi connectivity index (χ3v) is 3.65. The molecule has 0 spiro atoms. The molecule has 6 nitrogen and oxygen atoms in total. The summed E-state index contributed by atoms with van der Waals surface area (Å²) in [7, 11) is 0. The number of H-pyrrole nitrogens is 1. The van der Waals surface area contributed by atoms with Gasteiger partial charge in [0.2, 0.25) is 0 Å². The lowest BCUT2D eigenvalue weighted by Gasteiger charge is -2.08. The second kappa shape index (κ2) is 4.24. The lowest BCUT2D eigenvalue weighted by atomic mass is 10.0. The SMILES string of the molecule is Cc1c(-c2cc3ccncc3c(N)n2)cnc2nc[nH]c12. The average molecular weight is 276 g/mol. The van der Waals surface area contributed by atoms with Crippen LogP contribution in [-0.4, -0.2) is 24.9 Å². The highest BCUT2D eigenvalue weighted by Gasteiger charge is 2.12. The molecule has 0 aliphatic rings. The summed E-state index contributed by atoms with van der Waals surface area (Å²) in [5, 5.41) is 1.87. The molecule has 0 saturated carbocycles. The molecule has 102 valence electrons. The predicted molar refractivity (Wildman–Crippen MR) is 81.6 cm³/mol. The number of nitrogen functional groups attached to an aromatic ring is 1. The van der Waals surface area contributed by atoms with Gasteiger partial charge in [0.25, 0.3) is 0 Å². The summed E-state index contributed by atoms with van der Waals surface area (Å²) in [5.74, 6) is 0.472. The van der Waals surface area contributed by atoms with Gasteiger partial charge < -0.3 is 10.7 Å². The monoisotopic (exact) mass is 276 g/mol. The van der Waals surface area contributed by atoms with Gasteiger partial charge in [0.05, 0.1) is 17.5 Å². The van der Waals surface area contributed by atoms with Gasteiger partial charge in [-0.1, -0.05) is 0 Å². The lowest BCUT2D eigenvalue weighted by molar-refractivity contribution is 1.27. The number of aryl methyl sites for hydroxylation is 1. The first kappa shape index (κ1) is 11.8. The molecule has 0 radical (unpaired) electrons. The van der Waals surface area contributed by atoms with Gasteiger partial charge in [-0.2, -0.15) is 0 Å². The number of rotatable bonds is 1. The van der Waals surface area contributed by atoms with Crippen molar-refractivity contribution in [2.45, 2.75) is 6.92 Å². The van der Waals surface area contributed by atoms with E-state index in [1.165, 1.54) is 0 Å². The molecular weight excluding hydrogens is 264 g/mol. The van der Waals surface area contributed by atoms with E-state index in [0.717, 1.165) is 33.1 Å². The Kier molecular flexibility index (Phi) is 2.38. The Morgan fingerprint density at radius 3 is 3.00 bits per heavy atom. The van der Waals surface area contributed by atoms with E-state index < -0.39 is 0 Å². The Bertz CT molecular complexity index is 972. The zero-order valence-electron chi connectivity index (χ0n) is 11.3. The normalized spacial score (nSPS) is 11.3. The van der Waals surface area contributed by atoms with Gasteiger partial charge >= 0.3 is 0 Å². The Labute approximate surface area is 120 Å². The predicted octanol–water partition coefficient (Wildman–Crippen LogP) is 2.46. The first-order valence-electron chi connectivity index (χ1n) is 6.53. The fraction of sp³-hybridized carbons (Fsp3) is 0.0667. The topological polar surface area (TPSA) is 93.4 Å². The van der Waals surface area contributed by atoms with E-state index in [2.05, 4.69) is 24.9 Å². The summed E-state index contributed by atoms with van der Waals surface area (Å²) in [6, 6.07) is 3.92. The number of fused-ring (bicyclic) bond motifs is 2. The van der Waals surface area contributed by atoms with E-state index >= 15 is 0 Å². The van der Waals surface area contributed by atoms with Gasteiger partial charge in [-0.3, -0.25) is 4.98 Å². The van der Waals surface area contributed by atoms with E-state index in [1.54, 1.807) is 24.9 Å². The molecule has 0 aliphatic carbocycles. The zero-order chi connectivity index (χ0) is 14.4. The Hall–Kier alpha value is -3.02. The van der Waals surface area contributed by atoms with Crippen LogP contribution in [0.1, 0.15) is 5.56 Å². The van der Waals surface area contributed by atoms with E-state index in [1.807, 2.05) is 19.1 Å². The van der Waals surface area contributed by atoms with Crippen LogP contribution in [0.2, 0.25) is 0 Å². The van der Waals surface area contributed by atoms with E-state index in [4.69, 9.17) is 5.73 Å². The minimum absolute atomic E-state index is 0.472. The number of nitrogens with zero attached hydrogens (tertiary/aromatic N) is 4. The molecule has 0 atom stereocenters. The molecule has 0 unspecified atom stereocenters. The number of aromatic nitrogens is 5. The van der Waals surface area contributed by atoms with E-state index in [9.17, 15) is 0 Å². The first-order valence-corrected chi connectivity index (χ1v) is 6.53. The van der Waals surface area contributed by atoms with Gasteiger partial charge in [0.1, 0.15) is 5.82 Å². The molecule has 0 amide bonds. The largest absolute Gasteiger partial charge is 0.383 e. The lowest BCUT2D eigenvalue weighted by Crippen LogP contribution is -1.97. The molecule has 21 heavy (non-hydrogen) atoms. The van der Waals surface area contributed by atoms with Gasteiger partial charge in [0.15, 0.2) is 5.65 Å². The number of nitrogens with two attached hydrogens (primary N) is 1. The van der Waals surface area contributed by atoms with Crippen LogP contribution in [0.5, 0.6) is 0 Å². The zero-order valence-corrected chi connectivity index (χ0v) is 11.3. The smallest absolute Gasteiger partial charge is 0.177 e. The molecule has 3 N–H and O–H groups in total. The van der Waals surface area contributed by atoms with Crippen molar-refractivity contribution in [2.75, 3.05) is 5.73 Å². The highest BCUT2D eigenvalue weighted by Crippen LogP contribution is 2.29. The molecule has 0 aliphatic heterocycles. The average Bonchev–Trinajstić information content (AvgIpc) is 2.97. The van der Waals surface area contributed by atoms with Crippen molar-refractivity contribution < 1.29 is 0 Å². The fourth-order valence-corrected chi connectivity index (χ4v) is 2.53. The summed E-state index contributed by atoms with van der Waals surface area (Å²) in [4.78, 5) is 20.2. The van der Waals surface area contributed by atoms with Crippen LogP contribution in [0.15, 0.2) is 37.1 Å². The van der Waals surface area contributed by atoms with Crippen molar-refractivity contribution in [1.82, 2.24) is 24.9 Å². The Morgan fingerprint density at radius 1 is 1.19 bits per heavy atom. The summed E-state index contributed by atoms with van der Waals surface area (Å²) in [6.45, 7) is 2.02. The molecule has 4 rings (SSSR count). The number of pyridine rings is 3. The molecule has 0 aromatic carbocycles. The molecule has 0 bridgehead atoms. The van der Waals surface area contributed by atoms with Gasteiger partial charge in [-0.15, -0.1) is 0 Å². The van der Waals surface area contributed by atoms with Crippen LogP contribution >= 0.6 is 0 Å². The van der Waals surface area contributed by atoms with Crippen LogP contribution in [0.25, 0.3) is 33.2 Å². The molecular formula is C15H12N6. The van der Waals surface area contributed by atoms with Crippen molar-refractivity contribution in [2.24, 2.45) is 0 Å². The van der Waals surface area contributed by atoms with Crippen molar-refractivity contribution in [3.05, 3.63) is 42.6 Å². The van der Waals surface area contributed by atoms with Gasteiger partial charge in [0, 0.05) is 29.5 Å². The maximum absolute atomic E-state index is 6.05. The highest BCUT2D eigenvalue weighted by molar-refractivity contribution is 5.94. The quantitative estimate of drug-likeness (QED) is 0.557. The number of hydrogen-bond donors (Lipinski definition) is 2. The molecule has 6 heteroatoms. The molecule has 0 fully saturated rings. The molecule has 4 aromatic heterocycles. The molecule has 4 aromatic rings. The minimum atomic E-state index is 0.472. The second-order valence-electron chi connectivity index (χ2n) is 4.89. The maximum atomic E-state index is 6.05.